The van der Waals surface area contributed by atoms with Gasteiger partial charge in [0.25, 0.3) is 30.4 Å². The zero-order valence-electron chi connectivity index (χ0n) is 46.9. The van der Waals surface area contributed by atoms with Gasteiger partial charge in [-0.15, -0.1) is 0 Å². The molecule has 3 N–H and O–H groups in total. The molecule has 0 aromatic heterocycles. The van der Waals surface area contributed by atoms with Gasteiger partial charge in [-0.05, 0) is 57.2 Å². The number of aryl methyl sites for hydroxylation is 3. The maximum atomic E-state index is 12.8. The molecule has 86 heavy (non-hydrogen) atoms. The van der Waals surface area contributed by atoms with Gasteiger partial charge < -0.3 is 76.9 Å². The highest BCUT2D eigenvalue weighted by molar-refractivity contribution is 7.87. The minimum absolute atomic E-state index is 0.00573. The Balaban J connectivity index is 0.000000881. The number of aliphatic hydroxyl groups excluding tert-OH is 3. The van der Waals surface area contributed by atoms with E-state index in [0.717, 1.165) is 22.8 Å². The van der Waals surface area contributed by atoms with E-state index in [-0.39, 0.29) is 94.0 Å². The number of esters is 6. The third-order valence-corrected chi connectivity index (χ3v) is 13.8. The predicted octanol–water partition coefficient (Wildman–Crippen LogP) is 0.802. The lowest BCUT2D eigenvalue weighted by molar-refractivity contribution is -0.166. The number of aliphatic hydroxyl groups is 3. The van der Waals surface area contributed by atoms with Gasteiger partial charge in [0.15, 0.2) is 27.2 Å². The van der Waals surface area contributed by atoms with Crippen molar-refractivity contribution < 1.29 is 143 Å². The first-order valence-electron chi connectivity index (χ1n) is 25.2. The highest BCUT2D eigenvalue weighted by atomic mass is 32.2. The molecule has 0 aliphatic heterocycles. The van der Waals surface area contributed by atoms with Crippen molar-refractivity contribution in [2.45, 2.75) is 48.3 Å². The number of hydrogen-bond donors (Lipinski definition) is 3. The summed E-state index contributed by atoms with van der Waals surface area (Å²) >= 11 is 0. The molecule has 0 bridgehead atoms. The van der Waals surface area contributed by atoms with Crippen molar-refractivity contribution in [3.05, 3.63) is 113 Å². The smallest absolute Gasteiger partial charge is 0.336 e. The van der Waals surface area contributed by atoms with Crippen LogP contribution in [0.25, 0.3) is 0 Å². The van der Waals surface area contributed by atoms with E-state index in [9.17, 15) is 54.0 Å². The zero-order valence-corrected chi connectivity index (χ0v) is 49.4. The summed E-state index contributed by atoms with van der Waals surface area (Å²) in [5.41, 5.74) is 1.75. The lowest BCUT2D eigenvalue weighted by Gasteiger charge is -2.11. The third-order valence-electron chi connectivity index (χ3n) is 9.85. The maximum absolute atomic E-state index is 12.8. The molecule has 0 aliphatic carbocycles. The summed E-state index contributed by atoms with van der Waals surface area (Å²) in [6.07, 6.45) is -0.0143. The van der Waals surface area contributed by atoms with Crippen LogP contribution in [0.2, 0.25) is 0 Å². The number of hydrogen-bond acceptors (Lipinski definition) is 31. The van der Waals surface area contributed by atoms with E-state index in [0.29, 0.717) is 6.08 Å². The van der Waals surface area contributed by atoms with Crippen LogP contribution in [0.15, 0.2) is 111 Å². The SMILES string of the molecule is Cc1ccc(S(=O)(=O)OCCOCCOCOC(=O)/C(=C\C(=O)OCCOCCOS(=O)(=O)c2ccc(C)cc2)CC(=O)OCCOCCOS(=O)(=O)c2ccc(C)cc2)cc1.O=C(/C=C(/CC(=O)OCOCO)C(=O)OCOCO)OCOCO. The van der Waals surface area contributed by atoms with Crippen LogP contribution in [-0.4, -0.2) is 203 Å². The molecule has 0 amide bonds. The van der Waals surface area contributed by atoms with E-state index in [2.05, 4.69) is 28.4 Å². The van der Waals surface area contributed by atoms with Crippen molar-refractivity contribution >= 4 is 66.2 Å². The Morgan fingerprint density at radius 2 is 0.640 bits per heavy atom. The van der Waals surface area contributed by atoms with Crippen molar-refractivity contribution in [1.29, 1.82) is 0 Å². The Labute approximate surface area is 495 Å². The van der Waals surface area contributed by atoms with Gasteiger partial charge in [0, 0.05) is 12.2 Å². The van der Waals surface area contributed by atoms with Crippen LogP contribution in [0.1, 0.15) is 29.5 Å². The summed E-state index contributed by atoms with van der Waals surface area (Å²) in [5.74, 6) is -6.21. The number of carbonyl (C=O) groups excluding carboxylic acids is 6. The van der Waals surface area contributed by atoms with Crippen molar-refractivity contribution in [3.8, 4) is 0 Å². The molecule has 0 atom stereocenters. The first-order chi connectivity index (χ1) is 41.0. The quantitative estimate of drug-likeness (QED) is 0.0176. The molecule has 0 saturated heterocycles. The van der Waals surface area contributed by atoms with E-state index in [1.54, 1.807) is 36.4 Å². The van der Waals surface area contributed by atoms with E-state index in [1.807, 2.05) is 20.8 Å². The van der Waals surface area contributed by atoms with Crippen LogP contribution >= 0.6 is 0 Å². The molecule has 0 unspecified atom stereocenters. The molecule has 0 radical (unpaired) electrons. The van der Waals surface area contributed by atoms with Crippen molar-refractivity contribution in [2.24, 2.45) is 0 Å². The second-order valence-corrected chi connectivity index (χ2v) is 21.3. The topological polar surface area (TPSA) is 413 Å². The van der Waals surface area contributed by atoms with Crippen LogP contribution in [0.4, 0.5) is 0 Å². The van der Waals surface area contributed by atoms with Crippen LogP contribution in [0.5, 0.6) is 0 Å². The average molecular weight is 1290 g/mol. The van der Waals surface area contributed by atoms with Crippen molar-refractivity contribution in [2.75, 3.05) is 127 Å². The highest BCUT2D eigenvalue weighted by Crippen LogP contribution is 2.16. The normalized spacial score (nSPS) is 11.9. The van der Waals surface area contributed by atoms with E-state index in [4.69, 9.17) is 61.0 Å². The van der Waals surface area contributed by atoms with E-state index >= 15 is 0 Å². The fourth-order valence-corrected chi connectivity index (χ4v) is 8.34. The number of benzene rings is 3. The molecule has 0 saturated carbocycles. The molecule has 34 heteroatoms. The standard InChI is InChI=1S/C40H50O19S3.C12H18O12/c1-31-4-10-35(11-5-31)60(44,45)57-25-20-50-16-17-53-30-56-40(43)34(28-38(41)54-23-18-51-21-26-58-61(46,47)36-12-6-32(2)7-13-36)29-39(42)55-24-19-52-22-27-59-62(48,49)37-14-8-33(3)9-15-37;13-3-19-6-22-10(16)1-9(12(18)24-8-21-5-15)2-11(17)23-7-20-4-14/h4-15,28H,16-27,29-30H2,1-3H3;1,13-15H,2-8H2/b34-28-;9-1-. The van der Waals surface area contributed by atoms with Crippen LogP contribution in [-0.2, 0) is 133 Å². The van der Waals surface area contributed by atoms with Gasteiger partial charge in [-0.1, -0.05) is 53.1 Å². The van der Waals surface area contributed by atoms with Crippen LogP contribution in [0, 0.1) is 20.8 Å². The fourth-order valence-electron chi connectivity index (χ4n) is 5.67. The summed E-state index contributed by atoms with van der Waals surface area (Å²) in [6, 6.07) is 18.3. The van der Waals surface area contributed by atoms with E-state index < -0.39 is 138 Å². The number of ether oxygens (including phenoxy) is 13. The minimum Gasteiger partial charge on any atom is -0.463 e. The summed E-state index contributed by atoms with van der Waals surface area (Å²) < 4.78 is 151. The summed E-state index contributed by atoms with van der Waals surface area (Å²) in [5, 5.41) is 25.1. The largest absolute Gasteiger partial charge is 0.463 e. The van der Waals surface area contributed by atoms with Gasteiger partial charge in [-0.3, -0.25) is 22.1 Å². The average Bonchev–Trinajstić information content (AvgIpc) is 3.19. The highest BCUT2D eigenvalue weighted by Gasteiger charge is 2.22. The monoisotopic (exact) mass is 1280 g/mol. The van der Waals surface area contributed by atoms with Crippen LogP contribution < -0.4 is 0 Å². The number of carbonyl (C=O) groups is 6. The Hall–Kier alpha value is -6.71. The Morgan fingerprint density at radius 1 is 0.349 bits per heavy atom. The molecule has 31 nitrogen and oxygen atoms in total. The summed E-state index contributed by atoms with van der Waals surface area (Å²) in [4.78, 5) is 72.6. The number of rotatable bonds is 43. The molecule has 480 valence electrons. The second kappa shape index (κ2) is 43.0. The third kappa shape index (κ3) is 33.8. The van der Waals surface area contributed by atoms with Gasteiger partial charge in [-0.2, -0.15) is 25.3 Å². The molecule has 0 spiro atoms. The first-order valence-corrected chi connectivity index (χ1v) is 29.4. The lowest BCUT2D eigenvalue weighted by Crippen LogP contribution is -2.20. The van der Waals surface area contributed by atoms with Crippen molar-refractivity contribution in [1.82, 2.24) is 0 Å². The molecular weight excluding hydrogens is 1220 g/mol. The predicted molar refractivity (Wildman–Crippen MR) is 287 cm³/mol. The molecule has 3 aromatic carbocycles. The second-order valence-electron chi connectivity index (χ2n) is 16.4. The summed E-state index contributed by atoms with van der Waals surface area (Å²) in [7, 11) is -11.9. The molecule has 0 fully saturated rings. The molecule has 3 aromatic rings. The molecule has 0 heterocycles. The Morgan fingerprint density at radius 3 is 1.02 bits per heavy atom. The van der Waals surface area contributed by atoms with Gasteiger partial charge in [0.1, 0.15) is 33.6 Å². The molecule has 0 aliphatic rings. The maximum Gasteiger partial charge on any atom is 0.336 e. The van der Waals surface area contributed by atoms with Gasteiger partial charge >= 0.3 is 35.8 Å². The Bertz CT molecular complexity index is 2930. The Kier molecular flexibility index (Phi) is 37.7. The lowest BCUT2D eigenvalue weighted by atomic mass is 10.2. The van der Waals surface area contributed by atoms with Crippen molar-refractivity contribution in [3.63, 3.8) is 0 Å². The molecule has 3 rings (SSSR count). The fraction of sp³-hybridized carbons (Fsp3) is 0.462. The van der Waals surface area contributed by atoms with Gasteiger partial charge in [0.05, 0.1) is 105 Å². The van der Waals surface area contributed by atoms with Gasteiger partial charge in [-0.25, -0.2) is 19.2 Å². The van der Waals surface area contributed by atoms with E-state index in [1.165, 1.54) is 36.4 Å². The first kappa shape index (κ1) is 75.4. The van der Waals surface area contributed by atoms with Crippen LogP contribution in [0.3, 0.4) is 0 Å². The summed E-state index contributed by atoms with van der Waals surface area (Å²) in [6.45, 7) is -1.28. The zero-order chi connectivity index (χ0) is 63.6. The minimum atomic E-state index is -3.99. The van der Waals surface area contributed by atoms with Gasteiger partial charge in [0.2, 0.25) is 0 Å². The molecular formula is C52H68O31S3.